The molecule has 0 bridgehead atoms. The molecule has 0 heterocycles. The molecule has 23 heavy (non-hydrogen) atoms. The predicted octanol–water partition coefficient (Wildman–Crippen LogP) is 3.32. The standard InChI is InChI=1S/C16H20N2O5/c1-5-6-10-9-11(13(17)18-14(19)20)7-8-12(10)22-15(21)23-16(2,3)4/h5,7-9H,1,6H2,2-4H3,(H2,17,18)(H,19,20). The van der Waals surface area contributed by atoms with Crippen LogP contribution in [0.4, 0.5) is 9.59 Å². The highest BCUT2D eigenvalue weighted by Gasteiger charge is 2.19. The third-order valence-corrected chi connectivity index (χ3v) is 2.53. The van der Waals surface area contributed by atoms with Crippen LogP contribution in [-0.4, -0.2) is 28.8 Å². The van der Waals surface area contributed by atoms with Crippen molar-refractivity contribution < 1.29 is 24.2 Å². The summed E-state index contributed by atoms with van der Waals surface area (Å²) in [5.74, 6) is -0.00217. The van der Waals surface area contributed by atoms with Gasteiger partial charge in [-0.2, -0.15) is 0 Å². The van der Waals surface area contributed by atoms with E-state index in [4.69, 9.17) is 20.0 Å². The Hall–Kier alpha value is -2.83. The number of amidine groups is 1. The summed E-state index contributed by atoms with van der Waals surface area (Å²) in [6.07, 6.45) is -0.176. The number of hydrogen-bond donors (Lipinski definition) is 3. The number of rotatable bonds is 4. The van der Waals surface area contributed by atoms with Gasteiger partial charge in [0.1, 0.15) is 17.2 Å². The third kappa shape index (κ3) is 6.21. The van der Waals surface area contributed by atoms with Gasteiger partial charge in [0.15, 0.2) is 0 Å². The minimum Gasteiger partial charge on any atom is -0.465 e. The Morgan fingerprint density at radius 3 is 2.57 bits per heavy atom. The summed E-state index contributed by atoms with van der Waals surface area (Å²) in [7, 11) is 0. The van der Waals surface area contributed by atoms with E-state index in [0.717, 1.165) is 0 Å². The molecule has 1 amide bonds. The molecule has 124 valence electrons. The highest BCUT2D eigenvalue weighted by molar-refractivity contribution is 6.04. The van der Waals surface area contributed by atoms with E-state index in [0.29, 0.717) is 17.5 Å². The van der Waals surface area contributed by atoms with Crippen molar-refractivity contribution in [2.45, 2.75) is 32.8 Å². The maximum absolute atomic E-state index is 11.7. The van der Waals surface area contributed by atoms with Gasteiger partial charge in [0, 0.05) is 5.56 Å². The largest absolute Gasteiger partial charge is 0.514 e. The summed E-state index contributed by atoms with van der Waals surface area (Å²) in [6, 6.07) is 4.51. The number of carbonyl (C=O) groups is 2. The lowest BCUT2D eigenvalue weighted by atomic mass is 10.1. The quantitative estimate of drug-likeness (QED) is 0.259. The molecule has 7 heteroatoms. The van der Waals surface area contributed by atoms with Gasteiger partial charge < -0.3 is 14.6 Å². The highest BCUT2D eigenvalue weighted by atomic mass is 16.7. The second-order valence-corrected chi connectivity index (χ2v) is 5.69. The summed E-state index contributed by atoms with van der Waals surface area (Å²) in [5, 5.41) is 18.3. The second kappa shape index (κ2) is 7.44. The van der Waals surface area contributed by atoms with Crippen LogP contribution in [0.25, 0.3) is 0 Å². The minimum atomic E-state index is -1.32. The average Bonchev–Trinajstić information content (AvgIpc) is 2.37. The van der Waals surface area contributed by atoms with Gasteiger partial charge >= 0.3 is 12.2 Å². The molecule has 0 aliphatic rings. The summed E-state index contributed by atoms with van der Waals surface area (Å²) < 4.78 is 10.3. The number of carbonyl (C=O) groups excluding carboxylic acids is 1. The van der Waals surface area contributed by atoms with Crippen LogP contribution in [0.5, 0.6) is 5.75 Å². The maximum Gasteiger partial charge on any atom is 0.514 e. The molecule has 1 aromatic rings. The van der Waals surface area contributed by atoms with E-state index in [9.17, 15) is 9.59 Å². The summed E-state index contributed by atoms with van der Waals surface area (Å²) in [6.45, 7) is 8.79. The second-order valence-electron chi connectivity index (χ2n) is 5.69. The molecule has 0 aromatic heterocycles. The van der Waals surface area contributed by atoms with Gasteiger partial charge in [0.2, 0.25) is 0 Å². The Balaban J connectivity index is 3.00. The minimum absolute atomic E-state index is 0.269. The fourth-order valence-corrected chi connectivity index (χ4v) is 1.69. The molecule has 0 aliphatic heterocycles. The molecule has 0 saturated heterocycles. The molecule has 0 atom stereocenters. The number of ether oxygens (including phenoxy) is 2. The molecule has 0 saturated carbocycles. The Morgan fingerprint density at radius 1 is 1.39 bits per heavy atom. The van der Waals surface area contributed by atoms with Gasteiger partial charge in [0.25, 0.3) is 0 Å². The molecule has 3 N–H and O–H groups in total. The van der Waals surface area contributed by atoms with Gasteiger partial charge in [-0.1, -0.05) is 6.08 Å². The molecule has 0 radical (unpaired) electrons. The monoisotopic (exact) mass is 320 g/mol. The maximum atomic E-state index is 11.7. The first-order valence-corrected chi connectivity index (χ1v) is 6.86. The molecule has 7 nitrogen and oxygen atoms in total. The lowest BCUT2D eigenvalue weighted by Gasteiger charge is -2.19. The van der Waals surface area contributed by atoms with Gasteiger partial charge in [-0.3, -0.25) is 10.7 Å². The van der Waals surface area contributed by atoms with Crippen molar-refractivity contribution in [3.05, 3.63) is 42.0 Å². The van der Waals surface area contributed by atoms with E-state index in [1.165, 1.54) is 12.1 Å². The predicted molar refractivity (Wildman–Crippen MR) is 85.2 cm³/mol. The van der Waals surface area contributed by atoms with Crippen molar-refractivity contribution in [3.63, 3.8) is 0 Å². The van der Waals surface area contributed by atoms with E-state index < -0.39 is 17.8 Å². The number of hydrogen-bond acceptors (Lipinski definition) is 5. The van der Waals surface area contributed by atoms with Gasteiger partial charge in [-0.15, -0.1) is 6.58 Å². The Bertz CT molecular complexity index is 632. The molecule has 1 aromatic carbocycles. The molecule has 0 aliphatic carbocycles. The number of carboxylic acid groups (broad SMARTS) is 1. The number of nitrogens with one attached hydrogen (secondary N) is 2. The summed E-state index contributed by atoms with van der Waals surface area (Å²) >= 11 is 0. The normalized spacial score (nSPS) is 10.6. The summed E-state index contributed by atoms with van der Waals surface area (Å²) in [5.41, 5.74) is 0.254. The fraction of sp³-hybridized carbons (Fsp3) is 0.312. The van der Waals surface area contributed by atoms with Gasteiger partial charge in [-0.25, -0.2) is 9.59 Å². The third-order valence-electron chi connectivity index (χ3n) is 2.53. The zero-order chi connectivity index (χ0) is 17.6. The van der Waals surface area contributed by atoms with E-state index in [2.05, 4.69) is 6.58 Å². The van der Waals surface area contributed by atoms with Crippen molar-refractivity contribution in [1.82, 2.24) is 5.32 Å². The zero-order valence-electron chi connectivity index (χ0n) is 13.3. The first-order chi connectivity index (χ1) is 10.6. The van der Waals surface area contributed by atoms with Crippen LogP contribution >= 0.6 is 0 Å². The van der Waals surface area contributed by atoms with Crippen LogP contribution < -0.4 is 10.1 Å². The fourth-order valence-electron chi connectivity index (χ4n) is 1.69. The first kappa shape index (κ1) is 18.2. The van der Waals surface area contributed by atoms with Gasteiger partial charge in [0.05, 0.1) is 0 Å². The molecule has 1 rings (SSSR count). The van der Waals surface area contributed by atoms with Crippen molar-refractivity contribution in [2.75, 3.05) is 0 Å². The van der Waals surface area contributed by atoms with Crippen molar-refractivity contribution in [2.24, 2.45) is 0 Å². The van der Waals surface area contributed by atoms with Crippen molar-refractivity contribution >= 4 is 18.1 Å². The number of amides is 1. The van der Waals surface area contributed by atoms with Crippen LogP contribution in [-0.2, 0) is 11.2 Å². The molecular weight excluding hydrogens is 300 g/mol. The topological polar surface area (TPSA) is 109 Å². The van der Waals surface area contributed by atoms with Crippen LogP contribution in [0.1, 0.15) is 31.9 Å². The number of benzene rings is 1. The Kier molecular flexibility index (Phi) is 5.89. The lowest BCUT2D eigenvalue weighted by molar-refractivity contribution is 0.0204. The molecule has 0 unspecified atom stereocenters. The zero-order valence-corrected chi connectivity index (χ0v) is 13.3. The van der Waals surface area contributed by atoms with Crippen molar-refractivity contribution in [1.29, 1.82) is 5.41 Å². The SMILES string of the molecule is C=CCc1cc(C(=N)NC(=O)O)ccc1OC(=O)OC(C)(C)C. The first-order valence-electron chi connectivity index (χ1n) is 6.86. The molecule has 0 fully saturated rings. The average molecular weight is 320 g/mol. The highest BCUT2D eigenvalue weighted by Crippen LogP contribution is 2.23. The molecular formula is C16H20N2O5. The smallest absolute Gasteiger partial charge is 0.465 e. The van der Waals surface area contributed by atoms with Gasteiger partial charge in [-0.05, 0) is 51.0 Å². The summed E-state index contributed by atoms with van der Waals surface area (Å²) in [4.78, 5) is 22.3. The van der Waals surface area contributed by atoms with Crippen LogP contribution in [0.15, 0.2) is 30.9 Å². The van der Waals surface area contributed by atoms with E-state index >= 15 is 0 Å². The van der Waals surface area contributed by atoms with Crippen LogP contribution in [0.2, 0.25) is 0 Å². The molecule has 0 spiro atoms. The number of allylic oxidation sites excluding steroid dienone is 1. The van der Waals surface area contributed by atoms with Crippen LogP contribution in [0.3, 0.4) is 0 Å². The van der Waals surface area contributed by atoms with E-state index in [-0.39, 0.29) is 11.6 Å². The van der Waals surface area contributed by atoms with Crippen molar-refractivity contribution in [3.8, 4) is 5.75 Å². The lowest BCUT2D eigenvalue weighted by Crippen LogP contribution is -2.29. The van der Waals surface area contributed by atoms with E-state index in [1.807, 2.05) is 5.32 Å². The Labute approximate surface area is 134 Å². The Morgan fingerprint density at radius 2 is 2.04 bits per heavy atom. The van der Waals surface area contributed by atoms with E-state index in [1.54, 1.807) is 32.9 Å². The van der Waals surface area contributed by atoms with Crippen LogP contribution in [0, 0.1) is 5.41 Å².